The topological polar surface area (TPSA) is 77.8 Å². The maximum atomic E-state index is 13.7. The van der Waals surface area contributed by atoms with Crippen molar-refractivity contribution in [2.24, 2.45) is 0 Å². The van der Waals surface area contributed by atoms with Gasteiger partial charge in [-0.3, -0.25) is 9.59 Å². The molecular weight excluding hydrogens is 439 g/mol. The molecule has 7 nitrogen and oxygen atoms in total. The van der Waals surface area contributed by atoms with Gasteiger partial charge >= 0.3 is 5.97 Å². The Labute approximate surface area is 200 Å². The van der Waals surface area contributed by atoms with E-state index in [1.165, 1.54) is 29.2 Å². The zero-order chi connectivity index (χ0) is 25.4. The molecule has 0 aliphatic carbocycles. The molecule has 0 radical (unpaired) electrons. The number of hydrogen-bond donors (Lipinski definition) is 0. The molecule has 0 spiro atoms. The van der Waals surface area contributed by atoms with E-state index in [0.717, 1.165) is 0 Å². The molecule has 1 heterocycles. The number of carbonyl (C=O) groups excluding carboxylic acids is 3. The minimum Gasteiger partial charge on any atom is -0.461 e. The highest BCUT2D eigenvalue weighted by molar-refractivity contribution is 6.07. The van der Waals surface area contributed by atoms with Crippen LogP contribution in [0, 0.1) is 19.7 Å². The highest BCUT2D eigenvalue weighted by atomic mass is 19.1. The zero-order valence-electron chi connectivity index (χ0n) is 20.9. The molecule has 1 unspecified atom stereocenters. The standard InChI is InChI=1S/C26H35FN2O5/c1-7-28-18(5)22(17(4)23(28)26(32)34-9-3)24(30)19(6)29(15-10-16-33-8-2)25(31)20-11-13-21(27)14-12-20/h11-14,19H,7-10,15-16H2,1-6H3. The second kappa shape index (κ2) is 12.5. The number of hydrogen-bond acceptors (Lipinski definition) is 5. The molecule has 2 aromatic rings. The largest absolute Gasteiger partial charge is 0.461 e. The number of aromatic nitrogens is 1. The van der Waals surface area contributed by atoms with Crippen molar-refractivity contribution in [2.45, 2.75) is 60.5 Å². The summed E-state index contributed by atoms with van der Waals surface area (Å²) in [5.74, 6) is -1.55. The third kappa shape index (κ3) is 5.91. The van der Waals surface area contributed by atoms with Crippen LogP contribution >= 0.6 is 0 Å². The van der Waals surface area contributed by atoms with Crippen LogP contribution in [-0.2, 0) is 16.0 Å². The van der Waals surface area contributed by atoms with Gasteiger partial charge in [-0.05, 0) is 77.8 Å². The lowest BCUT2D eigenvalue weighted by Crippen LogP contribution is -2.44. The molecule has 0 aliphatic heterocycles. The lowest BCUT2D eigenvalue weighted by molar-refractivity contribution is 0.0512. The van der Waals surface area contributed by atoms with Crippen LogP contribution in [0.1, 0.15) is 76.6 Å². The van der Waals surface area contributed by atoms with Crippen LogP contribution in [0.5, 0.6) is 0 Å². The molecule has 186 valence electrons. The van der Waals surface area contributed by atoms with Gasteiger partial charge < -0.3 is 18.9 Å². The molecule has 0 fully saturated rings. The van der Waals surface area contributed by atoms with Gasteiger partial charge in [-0.2, -0.15) is 0 Å². The van der Waals surface area contributed by atoms with E-state index in [1.807, 2.05) is 13.8 Å². The number of rotatable bonds is 12. The molecule has 8 heteroatoms. The van der Waals surface area contributed by atoms with Crippen molar-refractivity contribution in [1.82, 2.24) is 9.47 Å². The molecule has 1 amide bonds. The van der Waals surface area contributed by atoms with Crippen LogP contribution in [0.4, 0.5) is 4.39 Å². The molecule has 1 atom stereocenters. The fourth-order valence-corrected chi connectivity index (χ4v) is 4.18. The van der Waals surface area contributed by atoms with E-state index in [0.29, 0.717) is 60.8 Å². The summed E-state index contributed by atoms with van der Waals surface area (Å²) in [5.41, 5.74) is 2.26. The van der Waals surface area contributed by atoms with Gasteiger partial charge in [-0.1, -0.05) is 0 Å². The molecule has 0 saturated carbocycles. The van der Waals surface area contributed by atoms with Gasteiger partial charge in [0.05, 0.1) is 12.6 Å². The lowest BCUT2D eigenvalue weighted by atomic mass is 9.99. The summed E-state index contributed by atoms with van der Waals surface area (Å²) >= 11 is 0. The third-order valence-electron chi connectivity index (χ3n) is 5.89. The number of ketones is 1. The van der Waals surface area contributed by atoms with Crippen LogP contribution in [0.15, 0.2) is 24.3 Å². The Balaban J connectivity index is 2.44. The summed E-state index contributed by atoms with van der Waals surface area (Å²) in [7, 11) is 0. The maximum Gasteiger partial charge on any atom is 0.355 e. The van der Waals surface area contributed by atoms with Gasteiger partial charge in [-0.25, -0.2) is 9.18 Å². The number of benzene rings is 1. The first-order valence-electron chi connectivity index (χ1n) is 11.7. The molecule has 0 saturated heterocycles. The number of ether oxygens (including phenoxy) is 2. The van der Waals surface area contributed by atoms with E-state index in [1.54, 1.807) is 32.3 Å². The number of carbonyl (C=O) groups is 3. The Bertz CT molecular complexity index is 1010. The van der Waals surface area contributed by atoms with E-state index in [4.69, 9.17) is 9.47 Å². The maximum absolute atomic E-state index is 13.7. The highest BCUT2D eigenvalue weighted by Crippen LogP contribution is 2.26. The summed E-state index contributed by atoms with van der Waals surface area (Å²) in [5, 5.41) is 0. The fraction of sp³-hybridized carbons (Fsp3) is 0.500. The van der Waals surface area contributed by atoms with Crippen molar-refractivity contribution in [3.63, 3.8) is 0 Å². The van der Waals surface area contributed by atoms with Crippen LogP contribution in [0.2, 0.25) is 0 Å². The molecule has 1 aromatic carbocycles. The first kappa shape index (κ1) is 27.2. The van der Waals surface area contributed by atoms with Crippen molar-refractivity contribution in [3.05, 3.63) is 58.2 Å². The highest BCUT2D eigenvalue weighted by Gasteiger charge is 2.33. The normalized spacial score (nSPS) is 11.9. The predicted molar refractivity (Wildman–Crippen MR) is 128 cm³/mol. The van der Waals surface area contributed by atoms with E-state index >= 15 is 0 Å². The quantitative estimate of drug-likeness (QED) is 0.256. The van der Waals surface area contributed by atoms with Crippen molar-refractivity contribution in [2.75, 3.05) is 26.4 Å². The predicted octanol–water partition coefficient (Wildman–Crippen LogP) is 4.58. The lowest BCUT2D eigenvalue weighted by Gasteiger charge is -2.29. The minimum atomic E-state index is -0.806. The van der Waals surface area contributed by atoms with Crippen molar-refractivity contribution >= 4 is 17.7 Å². The number of Topliss-reactive ketones (excluding diaryl/α,β-unsaturated/α-hetero) is 1. The van der Waals surface area contributed by atoms with Gasteiger partial charge in [0.1, 0.15) is 11.5 Å². The second-order valence-corrected chi connectivity index (χ2v) is 7.99. The third-order valence-corrected chi connectivity index (χ3v) is 5.89. The Morgan fingerprint density at radius 2 is 1.71 bits per heavy atom. The van der Waals surface area contributed by atoms with Crippen LogP contribution in [-0.4, -0.2) is 59.5 Å². The number of amides is 1. The van der Waals surface area contributed by atoms with Crippen molar-refractivity contribution in [3.8, 4) is 0 Å². The molecule has 0 aliphatic rings. The Morgan fingerprint density at radius 3 is 2.26 bits per heavy atom. The summed E-state index contributed by atoms with van der Waals surface area (Å²) in [6, 6.07) is 4.46. The molecular formula is C26H35FN2O5. The minimum absolute atomic E-state index is 0.228. The summed E-state index contributed by atoms with van der Waals surface area (Å²) in [6.07, 6.45) is 0.542. The molecule has 1 aromatic heterocycles. The Morgan fingerprint density at radius 1 is 1.06 bits per heavy atom. The monoisotopic (exact) mass is 474 g/mol. The van der Waals surface area contributed by atoms with Crippen molar-refractivity contribution in [1.29, 1.82) is 0 Å². The van der Waals surface area contributed by atoms with Gasteiger partial charge in [-0.15, -0.1) is 0 Å². The van der Waals surface area contributed by atoms with E-state index in [2.05, 4.69) is 0 Å². The zero-order valence-corrected chi connectivity index (χ0v) is 20.9. The Kier molecular flexibility index (Phi) is 9.98. The first-order chi connectivity index (χ1) is 16.2. The summed E-state index contributed by atoms with van der Waals surface area (Å²) in [6.45, 7) is 12.7. The van der Waals surface area contributed by atoms with Gasteiger partial charge in [0, 0.05) is 43.1 Å². The van der Waals surface area contributed by atoms with Crippen molar-refractivity contribution < 1.29 is 28.2 Å². The number of halogens is 1. The van der Waals surface area contributed by atoms with E-state index in [9.17, 15) is 18.8 Å². The second-order valence-electron chi connectivity index (χ2n) is 7.99. The smallest absolute Gasteiger partial charge is 0.355 e. The molecule has 0 bridgehead atoms. The average Bonchev–Trinajstić information content (AvgIpc) is 3.07. The van der Waals surface area contributed by atoms with E-state index in [-0.39, 0.29) is 18.3 Å². The number of nitrogens with zero attached hydrogens (tertiary/aromatic N) is 2. The first-order valence-corrected chi connectivity index (χ1v) is 11.7. The van der Waals surface area contributed by atoms with E-state index < -0.39 is 17.8 Å². The summed E-state index contributed by atoms with van der Waals surface area (Å²) in [4.78, 5) is 41.1. The van der Waals surface area contributed by atoms with Gasteiger partial charge in [0.15, 0.2) is 5.78 Å². The average molecular weight is 475 g/mol. The summed E-state index contributed by atoms with van der Waals surface area (Å²) < 4.78 is 25.8. The molecule has 2 rings (SSSR count). The molecule has 0 N–H and O–H groups in total. The Hall–Kier alpha value is -3.00. The fourth-order valence-electron chi connectivity index (χ4n) is 4.18. The van der Waals surface area contributed by atoms with Crippen LogP contribution in [0.25, 0.3) is 0 Å². The van der Waals surface area contributed by atoms with Crippen LogP contribution < -0.4 is 0 Å². The van der Waals surface area contributed by atoms with Gasteiger partial charge in [0.25, 0.3) is 5.91 Å². The van der Waals surface area contributed by atoms with Gasteiger partial charge in [0.2, 0.25) is 0 Å². The SMILES string of the molecule is CCOCCCN(C(=O)c1ccc(F)cc1)C(C)C(=O)c1c(C)c(C(=O)OCC)n(CC)c1C. The van der Waals surface area contributed by atoms with Crippen LogP contribution in [0.3, 0.4) is 0 Å². The molecule has 34 heavy (non-hydrogen) atoms. The number of esters is 1.